The number of phenolic OH excluding ortho intramolecular Hbond substituents is 1. The second-order valence-corrected chi connectivity index (χ2v) is 4.44. The van der Waals surface area contributed by atoms with Gasteiger partial charge < -0.3 is 15.7 Å². The molecule has 3 heteroatoms. The Hall–Kier alpha value is -1.06. The molecule has 1 aliphatic heterocycles. The molecule has 16 heavy (non-hydrogen) atoms. The fourth-order valence-corrected chi connectivity index (χ4v) is 2.10. The molecule has 1 heterocycles. The van der Waals surface area contributed by atoms with E-state index in [0.29, 0.717) is 11.8 Å². The van der Waals surface area contributed by atoms with Gasteiger partial charge in [-0.05, 0) is 37.1 Å². The molecule has 0 aromatic heterocycles. The minimum absolute atomic E-state index is 0.331. The summed E-state index contributed by atoms with van der Waals surface area (Å²) in [4.78, 5) is 0. The molecule has 0 amide bonds. The number of benzene rings is 1. The fourth-order valence-electron chi connectivity index (χ4n) is 2.10. The van der Waals surface area contributed by atoms with E-state index in [0.717, 1.165) is 19.6 Å². The zero-order chi connectivity index (χ0) is 11.2. The van der Waals surface area contributed by atoms with Gasteiger partial charge in [0.25, 0.3) is 0 Å². The maximum absolute atomic E-state index is 9.16. The van der Waals surface area contributed by atoms with Gasteiger partial charge in [0.1, 0.15) is 5.75 Å². The molecular weight excluding hydrogens is 200 g/mol. The molecule has 3 nitrogen and oxygen atoms in total. The highest BCUT2D eigenvalue weighted by Crippen LogP contribution is 2.09. The summed E-state index contributed by atoms with van der Waals surface area (Å²) in [6, 6.07) is 8.00. The van der Waals surface area contributed by atoms with Crippen LogP contribution in [0, 0.1) is 0 Å². The molecule has 0 radical (unpaired) electrons. The highest BCUT2D eigenvalue weighted by atomic mass is 16.3. The number of nitrogens with one attached hydrogen (secondary N) is 2. The molecule has 1 unspecified atom stereocenters. The maximum atomic E-state index is 9.16. The molecule has 0 bridgehead atoms. The molecule has 1 aliphatic rings. The third-order valence-corrected chi connectivity index (χ3v) is 3.07. The van der Waals surface area contributed by atoms with Crippen LogP contribution >= 0.6 is 0 Å². The standard InChI is InChI=1S/C13H20N2O/c16-13-6-4-11(5-7-13)9-14-10-12-3-1-2-8-15-12/h4-7,12,14-16H,1-3,8-10H2. The summed E-state index contributed by atoms with van der Waals surface area (Å²) in [5.41, 5.74) is 1.22. The van der Waals surface area contributed by atoms with Gasteiger partial charge in [0.15, 0.2) is 0 Å². The highest BCUT2D eigenvalue weighted by Gasteiger charge is 2.11. The fraction of sp³-hybridized carbons (Fsp3) is 0.538. The quantitative estimate of drug-likeness (QED) is 0.722. The Morgan fingerprint density at radius 3 is 2.75 bits per heavy atom. The van der Waals surface area contributed by atoms with Gasteiger partial charge in [0.2, 0.25) is 0 Å². The van der Waals surface area contributed by atoms with Gasteiger partial charge in [-0.15, -0.1) is 0 Å². The van der Waals surface area contributed by atoms with E-state index < -0.39 is 0 Å². The number of rotatable bonds is 4. The van der Waals surface area contributed by atoms with Crippen LogP contribution in [0.4, 0.5) is 0 Å². The summed E-state index contributed by atoms with van der Waals surface area (Å²) in [5.74, 6) is 0.331. The Kier molecular flexibility index (Phi) is 4.19. The van der Waals surface area contributed by atoms with Crippen molar-refractivity contribution in [3.8, 4) is 5.75 Å². The van der Waals surface area contributed by atoms with Gasteiger partial charge in [-0.25, -0.2) is 0 Å². The van der Waals surface area contributed by atoms with Gasteiger partial charge in [-0.1, -0.05) is 18.6 Å². The summed E-state index contributed by atoms with van der Waals surface area (Å²) in [5, 5.41) is 16.1. The van der Waals surface area contributed by atoms with Crippen molar-refractivity contribution in [2.75, 3.05) is 13.1 Å². The van der Waals surface area contributed by atoms with E-state index in [1.807, 2.05) is 12.1 Å². The minimum Gasteiger partial charge on any atom is -0.508 e. The summed E-state index contributed by atoms with van der Waals surface area (Å²) >= 11 is 0. The molecule has 1 aromatic rings. The van der Waals surface area contributed by atoms with Gasteiger partial charge in [0.05, 0.1) is 0 Å². The van der Waals surface area contributed by atoms with Crippen molar-refractivity contribution >= 4 is 0 Å². The van der Waals surface area contributed by atoms with Crippen LogP contribution in [0.3, 0.4) is 0 Å². The van der Waals surface area contributed by atoms with Crippen molar-refractivity contribution in [1.29, 1.82) is 0 Å². The van der Waals surface area contributed by atoms with Crippen LogP contribution in [0.2, 0.25) is 0 Å². The van der Waals surface area contributed by atoms with Crippen LogP contribution in [-0.2, 0) is 6.54 Å². The predicted octanol–water partition coefficient (Wildman–Crippen LogP) is 1.62. The molecule has 1 fully saturated rings. The molecule has 1 saturated heterocycles. The van der Waals surface area contributed by atoms with Crippen LogP contribution in [0.1, 0.15) is 24.8 Å². The van der Waals surface area contributed by atoms with Crippen LogP contribution in [-0.4, -0.2) is 24.2 Å². The molecule has 2 rings (SSSR count). The third kappa shape index (κ3) is 3.51. The summed E-state index contributed by atoms with van der Waals surface area (Å²) in [7, 11) is 0. The molecule has 1 aromatic carbocycles. The maximum Gasteiger partial charge on any atom is 0.115 e. The summed E-state index contributed by atoms with van der Waals surface area (Å²) < 4.78 is 0. The van der Waals surface area contributed by atoms with E-state index >= 15 is 0 Å². The van der Waals surface area contributed by atoms with Crippen molar-refractivity contribution in [1.82, 2.24) is 10.6 Å². The predicted molar refractivity (Wildman–Crippen MR) is 65.5 cm³/mol. The lowest BCUT2D eigenvalue weighted by Gasteiger charge is -2.23. The molecule has 0 aliphatic carbocycles. The normalized spacial score (nSPS) is 20.9. The first kappa shape index (κ1) is 11.4. The Bertz CT molecular complexity index is 304. The Balaban J connectivity index is 1.69. The first-order valence-corrected chi connectivity index (χ1v) is 6.06. The average molecular weight is 220 g/mol. The van der Waals surface area contributed by atoms with Gasteiger partial charge in [-0.3, -0.25) is 0 Å². The minimum atomic E-state index is 0.331. The molecular formula is C13H20N2O. The topological polar surface area (TPSA) is 44.3 Å². The largest absolute Gasteiger partial charge is 0.508 e. The second-order valence-electron chi connectivity index (χ2n) is 4.44. The van der Waals surface area contributed by atoms with Gasteiger partial charge in [-0.2, -0.15) is 0 Å². The molecule has 3 N–H and O–H groups in total. The van der Waals surface area contributed by atoms with Crippen molar-refractivity contribution in [3.63, 3.8) is 0 Å². The molecule has 88 valence electrons. The van der Waals surface area contributed by atoms with Crippen molar-refractivity contribution in [2.24, 2.45) is 0 Å². The van der Waals surface area contributed by atoms with Crippen molar-refractivity contribution < 1.29 is 5.11 Å². The third-order valence-electron chi connectivity index (χ3n) is 3.07. The van der Waals surface area contributed by atoms with E-state index in [4.69, 9.17) is 5.11 Å². The monoisotopic (exact) mass is 220 g/mol. The Morgan fingerprint density at radius 2 is 2.06 bits per heavy atom. The van der Waals surface area contributed by atoms with Crippen LogP contribution in [0.5, 0.6) is 5.75 Å². The number of phenols is 1. The van der Waals surface area contributed by atoms with Crippen molar-refractivity contribution in [3.05, 3.63) is 29.8 Å². The zero-order valence-electron chi connectivity index (χ0n) is 9.58. The highest BCUT2D eigenvalue weighted by molar-refractivity contribution is 5.25. The van der Waals surface area contributed by atoms with E-state index in [1.165, 1.54) is 24.8 Å². The smallest absolute Gasteiger partial charge is 0.115 e. The van der Waals surface area contributed by atoms with E-state index in [9.17, 15) is 0 Å². The van der Waals surface area contributed by atoms with Crippen LogP contribution in [0.15, 0.2) is 24.3 Å². The molecule has 0 spiro atoms. The lowest BCUT2D eigenvalue weighted by Crippen LogP contribution is -2.41. The molecule has 1 atom stereocenters. The second kappa shape index (κ2) is 5.87. The van der Waals surface area contributed by atoms with Crippen molar-refractivity contribution in [2.45, 2.75) is 31.8 Å². The lowest BCUT2D eigenvalue weighted by atomic mass is 10.1. The number of hydrogen-bond donors (Lipinski definition) is 3. The SMILES string of the molecule is Oc1ccc(CNCC2CCCCN2)cc1. The van der Waals surface area contributed by atoms with Gasteiger partial charge >= 0.3 is 0 Å². The van der Waals surface area contributed by atoms with E-state index in [1.54, 1.807) is 12.1 Å². The number of aromatic hydroxyl groups is 1. The first-order chi connectivity index (χ1) is 7.84. The summed E-state index contributed by atoms with van der Waals surface area (Å²) in [6.45, 7) is 3.06. The summed E-state index contributed by atoms with van der Waals surface area (Å²) in [6.07, 6.45) is 3.94. The Morgan fingerprint density at radius 1 is 1.25 bits per heavy atom. The van der Waals surface area contributed by atoms with E-state index in [-0.39, 0.29) is 0 Å². The first-order valence-electron chi connectivity index (χ1n) is 6.06. The zero-order valence-corrected chi connectivity index (χ0v) is 9.58. The number of piperidine rings is 1. The van der Waals surface area contributed by atoms with Gasteiger partial charge in [0, 0.05) is 19.1 Å². The van der Waals surface area contributed by atoms with Crippen LogP contribution < -0.4 is 10.6 Å². The molecule has 0 saturated carbocycles. The average Bonchev–Trinajstić information content (AvgIpc) is 2.33. The Labute approximate surface area is 96.9 Å². The number of hydrogen-bond acceptors (Lipinski definition) is 3. The van der Waals surface area contributed by atoms with Crippen LogP contribution in [0.25, 0.3) is 0 Å². The lowest BCUT2D eigenvalue weighted by molar-refractivity contribution is 0.383. The van der Waals surface area contributed by atoms with E-state index in [2.05, 4.69) is 10.6 Å².